The molecule has 1 saturated heterocycles. The number of hydrogen-bond acceptors (Lipinski definition) is 4. The van der Waals surface area contributed by atoms with E-state index >= 15 is 0 Å². The van der Waals surface area contributed by atoms with Crippen LogP contribution in [0.5, 0.6) is 0 Å². The third-order valence-electron chi connectivity index (χ3n) is 3.69. The summed E-state index contributed by atoms with van der Waals surface area (Å²) in [4.78, 5) is 29.5. The standard InChI is InChI=1S/C12H18N2O4/c1-2-8-3-5-14(6-4-8)11(15)10-7-9(12(16)17)13-18-10/h8,10H,2-7H2,1H3,(H,16,17). The van der Waals surface area contributed by atoms with Crippen molar-refractivity contribution in [2.24, 2.45) is 11.1 Å². The largest absolute Gasteiger partial charge is 0.477 e. The van der Waals surface area contributed by atoms with Crippen molar-refractivity contribution >= 4 is 17.6 Å². The van der Waals surface area contributed by atoms with Crippen molar-refractivity contribution in [2.75, 3.05) is 13.1 Å². The highest BCUT2D eigenvalue weighted by molar-refractivity contribution is 6.36. The molecular weight excluding hydrogens is 236 g/mol. The molecule has 1 amide bonds. The molecular formula is C12H18N2O4. The van der Waals surface area contributed by atoms with Crippen molar-refractivity contribution in [2.45, 2.75) is 38.7 Å². The lowest BCUT2D eigenvalue weighted by atomic mass is 9.94. The summed E-state index contributed by atoms with van der Waals surface area (Å²) in [5, 5.41) is 12.2. The Morgan fingerprint density at radius 2 is 2.11 bits per heavy atom. The van der Waals surface area contributed by atoms with E-state index in [1.807, 2.05) is 0 Å². The summed E-state index contributed by atoms with van der Waals surface area (Å²) < 4.78 is 0. The van der Waals surface area contributed by atoms with E-state index in [2.05, 4.69) is 12.1 Å². The van der Waals surface area contributed by atoms with Gasteiger partial charge in [0.15, 0.2) is 5.71 Å². The summed E-state index contributed by atoms with van der Waals surface area (Å²) >= 11 is 0. The van der Waals surface area contributed by atoms with Crippen LogP contribution in [0.4, 0.5) is 0 Å². The Bertz CT molecular complexity index is 372. The van der Waals surface area contributed by atoms with Crippen molar-refractivity contribution in [3.05, 3.63) is 0 Å². The Labute approximate surface area is 106 Å². The fourth-order valence-corrected chi connectivity index (χ4v) is 2.40. The number of carbonyl (C=O) groups excluding carboxylic acids is 1. The van der Waals surface area contributed by atoms with Gasteiger partial charge in [0.25, 0.3) is 5.91 Å². The second-order valence-corrected chi connectivity index (χ2v) is 4.82. The van der Waals surface area contributed by atoms with Gasteiger partial charge in [0, 0.05) is 19.5 Å². The molecule has 0 saturated carbocycles. The molecule has 6 nitrogen and oxygen atoms in total. The zero-order chi connectivity index (χ0) is 13.1. The molecule has 1 fully saturated rings. The van der Waals surface area contributed by atoms with E-state index in [0.717, 1.165) is 32.4 Å². The summed E-state index contributed by atoms with van der Waals surface area (Å²) in [6, 6.07) is 0. The molecule has 0 aromatic heterocycles. The number of piperidine rings is 1. The first-order valence-corrected chi connectivity index (χ1v) is 6.36. The normalized spacial score (nSPS) is 24.6. The summed E-state index contributed by atoms with van der Waals surface area (Å²) in [5.74, 6) is -0.552. The lowest BCUT2D eigenvalue weighted by Crippen LogP contribution is -2.44. The molecule has 18 heavy (non-hydrogen) atoms. The predicted molar refractivity (Wildman–Crippen MR) is 64.2 cm³/mol. The second-order valence-electron chi connectivity index (χ2n) is 4.82. The van der Waals surface area contributed by atoms with Gasteiger partial charge in [-0.05, 0) is 18.8 Å². The smallest absolute Gasteiger partial charge is 0.353 e. The summed E-state index contributed by atoms with van der Waals surface area (Å²) in [6.07, 6.45) is 2.51. The minimum Gasteiger partial charge on any atom is -0.477 e. The van der Waals surface area contributed by atoms with Gasteiger partial charge in [-0.2, -0.15) is 0 Å². The maximum Gasteiger partial charge on any atom is 0.353 e. The molecule has 0 radical (unpaired) electrons. The van der Waals surface area contributed by atoms with Crippen LogP contribution in [-0.2, 0) is 14.4 Å². The highest BCUT2D eigenvalue weighted by atomic mass is 16.6. The fourth-order valence-electron chi connectivity index (χ4n) is 2.40. The lowest BCUT2D eigenvalue weighted by molar-refractivity contribution is -0.143. The Kier molecular flexibility index (Phi) is 3.84. The molecule has 2 rings (SSSR count). The molecule has 2 aliphatic heterocycles. The second kappa shape index (κ2) is 5.37. The van der Waals surface area contributed by atoms with Gasteiger partial charge in [0.1, 0.15) is 0 Å². The van der Waals surface area contributed by atoms with E-state index in [1.165, 1.54) is 0 Å². The number of rotatable bonds is 3. The molecule has 1 N–H and O–H groups in total. The average molecular weight is 254 g/mol. The van der Waals surface area contributed by atoms with Crippen LogP contribution < -0.4 is 0 Å². The Hall–Kier alpha value is -1.59. The van der Waals surface area contributed by atoms with E-state index in [1.54, 1.807) is 4.90 Å². The van der Waals surface area contributed by atoms with Gasteiger partial charge in [-0.1, -0.05) is 18.5 Å². The molecule has 1 unspecified atom stereocenters. The van der Waals surface area contributed by atoms with E-state index < -0.39 is 12.1 Å². The highest BCUT2D eigenvalue weighted by Crippen LogP contribution is 2.22. The average Bonchev–Trinajstić information content (AvgIpc) is 2.88. The van der Waals surface area contributed by atoms with E-state index in [-0.39, 0.29) is 18.0 Å². The Morgan fingerprint density at radius 1 is 1.44 bits per heavy atom. The van der Waals surface area contributed by atoms with Gasteiger partial charge in [-0.3, -0.25) is 4.79 Å². The third-order valence-corrected chi connectivity index (χ3v) is 3.69. The molecule has 6 heteroatoms. The lowest BCUT2D eigenvalue weighted by Gasteiger charge is -2.32. The number of likely N-dealkylation sites (tertiary alicyclic amines) is 1. The number of carboxylic acid groups (broad SMARTS) is 1. The van der Waals surface area contributed by atoms with Crippen LogP contribution in [0.25, 0.3) is 0 Å². The van der Waals surface area contributed by atoms with Gasteiger partial charge in [0.2, 0.25) is 6.10 Å². The third kappa shape index (κ3) is 2.63. The van der Waals surface area contributed by atoms with Crippen LogP contribution >= 0.6 is 0 Å². The van der Waals surface area contributed by atoms with Crippen LogP contribution in [0, 0.1) is 5.92 Å². The number of aliphatic carboxylic acids is 1. The fraction of sp³-hybridized carbons (Fsp3) is 0.750. The molecule has 1 atom stereocenters. The van der Waals surface area contributed by atoms with E-state index in [4.69, 9.17) is 9.94 Å². The van der Waals surface area contributed by atoms with Gasteiger partial charge >= 0.3 is 5.97 Å². The molecule has 0 aliphatic carbocycles. The van der Waals surface area contributed by atoms with Gasteiger partial charge in [0.05, 0.1) is 0 Å². The molecule has 0 bridgehead atoms. The molecule has 0 aromatic rings. The van der Waals surface area contributed by atoms with Gasteiger partial charge in [-0.25, -0.2) is 4.79 Å². The van der Waals surface area contributed by atoms with Crippen molar-refractivity contribution in [1.82, 2.24) is 4.90 Å². The predicted octanol–water partition coefficient (Wildman–Crippen LogP) is 0.865. The number of oxime groups is 1. The van der Waals surface area contributed by atoms with Crippen LogP contribution in [0.1, 0.15) is 32.6 Å². The minimum absolute atomic E-state index is 0.0713. The van der Waals surface area contributed by atoms with Gasteiger partial charge in [-0.15, -0.1) is 0 Å². The number of carbonyl (C=O) groups is 2. The van der Waals surface area contributed by atoms with Crippen molar-refractivity contribution in [1.29, 1.82) is 0 Å². The van der Waals surface area contributed by atoms with Crippen molar-refractivity contribution in [3.63, 3.8) is 0 Å². The van der Waals surface area contributed by atoms with Crippen LogP contribution in [0.3, 0.4) is 0 Å². The first-order chi connectivity index (χ1) is 8.61. The number of amides is 1. The number of carboxylic acids is 1. The van der Waals surface area contributed by atoms with Crippen molar-refractivity contribution in [3.8, 4) is 0 Å². The monoisotopic (exact) mass is 254 g/mol. The van der Waals surface area contributed by atoms with Gasteiger partial charge < -0.3 is 14.8 Å². The van der Waals surface area contributed by atoms with E-state index in [9.17, 15) is 9.59 Å². The molecule has 0 aromatic carbocycles. The Balaban J connectivity index is 1.85. The molecule has 2 aliphatic rings. The van der Waals surface area contributed by atoms with E-state index in [0.29, 0.717) is 5.92 Å². The van der Waals surface area contributed by atoms with Crippen LogP contribution in [0.15, 0.2) is 5.16 Å². The summed E-state index contributed by atoms with van der Waals surface area (Å²) in [7, 11) is 0. The zero-order valence-electron chi connectivity index (χ0n) is 10.5. The van der Waals surface area contributed by atoms with Crippen molar-refractivity contribution < 1.29 is 19.5 Å². The number of hydrogen-bond donors (Lipinski definition) is 1. The summed E-state index contributed by atoms with van der Waals surface area (Å²) in [5.41, 5.74) is -0.0724. The highest BCUT2D eigenvalue weighted by Gasteiger charge is 2.35. The zero-order valence-corrected chi connectivity index (χ0v) is 10.5. The van der Waals surface area contributed by atoms with Crippen LogP contribution in [0.2, 0.25) is 0 Å². The maximum absolute atomic E-state index is 12.1. The molecule has 0 spiro atoms. The molecule has 2 heterocycles. The topological polar surface area (TPSA) is 79.2 Å². The van der Waals surface area contributed by atoms with Crippen LogP contribution in [-0.4, -0.2) is 46.8 Å². The number of nitrogens with zero attached hydrogens (tertiary/aromatic N) is 2. The molecule has 100 valence electrons. The minimum atomic E-state index is -1.12. The first-order valence-electron chi connectivity index (χ1n) is 6.36. The SMILES string of the molecule is CCC1CCN(C(=O)C2CC(C(=O)O)=NO2)CC1. The maximum atomic E-state index is 12.1. The quantitative estimate of drug-likeness (QED) is 0.810. The Morgan fingerprint density at radius 3 is 2.61 bits per heavy atom. The summed E-state index contributed by atoms with van der Waals surface area (Å²) in [6.45, 7) is 3.63. The first kappa shape index (κ1) is 12.9.